The highest BCUT2D eigenvalue weighted by molar-refractivity contribution is 5.86. The number of nitrogens with two attached hydrogens (primary N) is 1. The Labute approximate surface area is 141 Å². The molecule has 2 rings (SSSR count). The average molecular weight is 330 g/mol. The zero-order valence-electron chi connectivity index (χ0n) is 13.6. The van der Waals surface area contributed by atoms with Crippen molar-refractivity contribution in [1.82, 2.24) is 5.32 Å². The molecule has 0 aliphatic heterocycles. The molecule has 1 aromatic carbocycles. The van der Waals surface area contributed by atoms with Crippen molar-refractivity contribution in [1.29, 1.82) is 0 Å². The van der Waals surface area contributed by atoms with Crippen molar-refractivity contribution in [3.05, 3.63) is 60.1 Å². The third-order valence-electron chi connectivity index (χ3n) is 3.44. The summed E-state index contributed by atoms with van der Waals surface area (Å²) >= 11 is 0. The van der Waals surface area contributed by atoms with Crippen molar-refractivity contribution in [3.63, 3.8) is 0 Å². The van der Waals surface area contributed by atoms with E-state index in [0.29, 0.717) is 6.42 Å². The van der Waals surface area contributed by atoms with Crippen LogP contribution in [0.4, 0.5) is 0 Å². The summed E-state index contributed by atoms with van der Waals surface area (Å²) < 4.78 is 10.4. The summed E-state index contributed by atoms with van der Waals surface area (Å²) in [6, 6.07) is 11.9. The maximum Gasteiger partial charge on any atom is 0.308 e. The van der Waals surface area contributed by atoms with Crippen molar-refractivity contribution in [2.24, 2.45) is 5.73 Å². The predicted octanol–water partition coefficient (Wildman–Crippen LogP) is 1.79. The second-order valence-corrected chi connectivity index (χ2v) is 5.65. The number of hydrogen-bond acceptors (Lipinski definition) is 5. The Balaban J connectivity index is 1.71. The maximum absolute atomic E-state index is 12.0. The Morgan fingerprint density at radius 2 is 1.96 bits per heavy atom. The molecule has 0 saturated carbocycles. The number of rotatable bonds is 8. The summed E-state index contributed by atoms with van der Waals surface area (Å²) in [7, 11) is 0. The van der Waals surface area contributed by atoms with Gasteiger partial charge in [0.05, 0.1) is 18.7 Å². The minimum absolute atomic E-state index is 0.143. The molecule has 1 aromatic heterocycles. The van der Waals surface area contributed by atoms with Gasteiger partial charge in [0.2, 0.25) is 5.91 Å². The van der Waals surface area contributed by atoms with E-state index in [-0.39, 0.29) is 25.0 Å². The van der Waals surface area contributed by atoms with Gasteiger partial charge in [-0.05, 0) is 24.6 Å². The predicted molar refractivity (Wildman–Crippen MR) is 88.8 cm³/mol. The second-order valence-electron chi connectivity index (χ2n) is 5.65. The van der Waals surface area contributed by atoms with E-state index in [1.54, 1.807) is 12.3 Å². The number of furan rings is 1. The number of hydrogen-bond donors (Lipinski definition) is 2. The zero-order chi connectivity index (χ0) is 17.4. The average Bonchev–Trinajstić information content (AvgIpc) is 3.06. The summed E-state index contributed by atoms with van der Waals surface area (Å²) in [5.41, 5.74) is 6.66. The van der Waals surface area contributed by atoms with Crippen molar-refractivity contribution < 1.29 is 18.7 Å². The number of ether oxygens (including phenoxy) is 1. The first-order chi connectivity index (χ1) is 11.5. The fourth-order valence-electron chi connectivity index (χ4n) is 2.20. The summed E-state index contributed by atoms with van der Waals surface area (Å²) in [6.07, 6.45) is 1.98. The Bertz CT molecular complexity index is 640. The van der Waals surface area contributed by atoms with Gasteiger partial charge in [0, 0.05) is 12.5 Å². The van der Waals surface area contributed by atoms with Crippen molar-refractivity contribution in [2.45, 2.75) is 38.5 Å². The minimum Gasteiger partial charge on any atom is -0.469 e. The van der Waals surface area contributed by atoms with Gasteiger partial charge in [-0.3, -0.25) is 9.59 Å². The van der Waals surface area contributed by atoms with E-state index in [1.165, 1.54) is 0 Å². The van der Waals surface area contributed by atoms with Gasteiger partial charge >= 0.3 is 5.97 Å². The van der Waals surface area contributed by atoms with Crippen LogP contribution in [0.3, 0.4) is 0 Å². The van der Waals surface area contributed by atoms with Gasteiger partial charge in [0.15, 0.2) is 0 Å². The highest BCUT2D eigenvalue weighted by atomic mass is 16.5. The molecule has 0 saturated heterocycles. The number of esters is 1. The lowest BCUT2D eigenvalue weighted by Gasteiger charge is -2.16. The summed E-state index contributed by atoms with van der Waals surface area (Å²) in [5.74, 6) is -0.107. The van der Waals surface area contributed by atoms with Gasteiger partial charge < -0.3 is 20.2 Å². The Morgan fingerprint density at radius 1 is 1.21 bits per heavy atom. The maximum atomic E-state index is 12.0. The standard InChI is InChI=1S/C18H22N2O4/c1-13(10-15-8-5-9-23-15)20-18(22)16(19)11-17(21)24-12-14-6-3-2-4-7-14/h2-9,13,16H,10-12,19H2,1H3,(H,20,22)/t13?,16-/m0/s1. The van der Waals surface area contributed by atoms with Crippen LogP contribution in [0.25, 0.3) is 0 Å². The molecule has 0 bridgehead atoms. The third kappa shape index (κ3) is 5.89. The van der Waals surface area contributed by atoms with E-state index in [2.05, 4.69) is 5.32 Å². The first-order valence-corrected chi connectivity index (χ1v) is 7.82. The number of nitrogens with one attached hydrogen (secondary N) is 1. The molecule has 0 aliphatic carbocycles. The molecule has 2 atom stereocenters. The van der Waals surface area contributed by atoms with Gasteiger partial charge in [-0.2, -0.15) is 0 Å². The second kappa shape index (κ2) is 8.88. The van der Waals surface area contributed by atoms with E-state index in [4.69, 9.17) is 14.9 Å². The van der Waals surface area contributed by atoms with E-state index >= 15 is 0 Å². The molecule has 1 heterocycles. The summed E-state index contributed by atoms with van der Waals surface area (Å²) in [5, 5.41) is 2.77. The van der Waals surface area contributed by atoms with Crippen LogP contribution in [0.1, 0.15) is 24.7 Å². The minimum atomic E-state index is -0.938. The molecule has 128 valence electrons. The molecule has 1 unspecified atom stereocenters. The van der Waals surface area contributed by atoms with Crippen LogP contribution in [0, 0.1) is 0 Å². The highest BCUT2D eigenvalue weighted by Crippen LogP contribution is 2.05. The van der Waals surface area contributed by atoms with Crippen LogP contribution in [-0.2, 0) is 27.4 Å². The van der Waals surface area contributed by atoms with Gasteiger partial charge in [0.25, 0.3) is 0 Å². The molecular formula is C18H22N2O4. The lowest BCUT2D eigenvalue weighted by molar-refractivity contribution is -0.146. The molecule has 6 heteroatoms. The van der Waals surface area contributed by atoms with Crippen LogP contribution in [0.2, 0.25) is 0 Å². The van der Waals surface area contributed by atoms with Crippen molar-refractivity contribution >= 4 is 11.9 Å². The van der Waals surface area contributed by atoms with Crippen molar-refractivity contribution in [3.8, 4) is 0 Å². The van der Waals surface area contributed by atoms with Crippen LogP contribution >= 0.6 is 0 Å². The Hall–Kier alpha value is -2.60. The van der Waals surface area contributed by atoms with E-state index in [9.17, 15) is 9.59 Å². The molecule has 0 fully saturated rings. The SMILES string of the molecule is CC(Cc1ccco1)NC(=O)[C@@H](N)CC(=O)OCc1ccccc1. The van der Waals surface area contributed by atoms with E-state index in [1.807, 2.05) is 43.3 Å². The van der Waals surface area contributed by atoms with Gasteiger partial charge in [-0.1, -0.05) is 30.3 Å². The number of carbonyl (C=O) groups excluding carboxylic acids is 2. The van der Waals surface area contributed by atoms with Gasteiger partial charge in [-0.15, -0.1) is 0 Å². The number of carbonyl (C=O) groups is 2. The van der Waals surface area contributed by atoms with Gasteiger partial charge in [-0.25, -0.2) is 0 Å². The molecule has 0 radical (unpaired) electrons. The first-order valence-electron chi connectivity index (χ1n) is 7.82. The smallest absolute Gasteiger partial charge is 0.308 e. The van der Waals surface area contributed by atoms with Crippen LogP contribution in [0.15, 0.2) is 53.1 Å². The molecule has 24 heavy (non-hydrogen) atoms. The fourth-order valence-corrected chi connectivity index (χ4v) is 2.20. The number of benzene rings is 1. The van der Waals surface area contributed by atoms with Gasteiger partial charge in [0.1, 0.15) is 12.4 Å². The monoisotopic (exact) mass is 330 g/mol. The lowest BCUT2D eigenvalue weighted by atomic mass is 10.1. The first kappa shape index (κ1) is 17.7. The van der Waals surface area contributed by atoms with Crippen LogP contribution < -0.4 is 11.1 Å². The van der Waals surface area contributed by atoms with Crippen LogP contribution in [-0.4, -0.2) is 24.0 Å². The molecular weight excluding hydrogens is 308 g/mol. The Morgan fingerprint density at radius 3 is 2.62 bits per heavy atom. The zero-order valence-corrected chi connectivity index (χ0v) is 13.6. The normalized spacial score (nSPS) is 13.1. The third-order valence-corrected chi connectivity index (χ3v) is 3.44. The molecule has 3 N–H and O–H groups in total. The molecule has 1 amide bonds. The molecule has 0 spiro atoms. The summed E-state index contributed by atoms with van der Waals surface area (Å²) in [4.78, 5) is 23.8. The quantitative estimate of drug-likeness (QED) is 0.720. The molecule has 2 aromatic rings. The fraction of sp³-hybridized carbons (Fsp3) is 0.333. The molecule has 0 aliphatic rings. The number of amides is 1. The van der Waals surface area contributed by atoms with E-state index < -0.39 is 12.0 Å². The van der Waals surface area contributed by atoms with Crippen molar-refractivity contribution in [2.75, 3.05) is 0 Å². The largest absolute Gasteiger partial charge is 0.469 e. The highest BCUT2D eigenvalue weighted by Gasteiger charge is 2.20. The lowest BCUT2D eigenvalue weighted by Crippen LogP contribution is -2.46. The summed E-state index contributed by atoms with van der Waals surface area (Å²) in [6.45, 7) is 2.02. The molecule has 6 nitrogen and oxygen atoms in total. The van der Waals surface area contributed by atoms with E-state index in [0.717, 1.165) is 11.3 Å². The topological polar surface area (TPSA) is 94.6 Å². The Kier molecular flexibility index (Phi) is 6.57. The van der Waals surface area contributed by atoms with Crippen LogP contribution in [0.5, 0.6) is 0 Å².